The molecule has 1 aromatic carbocycles. The normalized spacial score (nSPS) is 20.4. The van der Waals surface area contributed by atoms with E-state index < -0.39 is 0 Å². The van der Waals surface area contributed by atoms with Crippen LogP contribution in [0.25, 0.3) is 0 Å². The van der Waals surface area contributed by atoms with Crippen LogP contribution in [-0.4, -0.2) is 20.4 Å². The van der Waals surface area contributed by atoms with Gasteiger partial charge in [-0.2, -0.15) is 0 Å². The van der Waals surface area contributed by atoms with Gasteiger partial charge in [-0.05, 0) is 17.5 Å². The van der Waals surface area contributed by atoms with Gasteiger partial charge in [-0.1, -0.05) is 26.0 Å². The second-order valence-corrected chi connectivity index (χ2v) is 4.41. The first-order chi connectivity index (χ1) is 7.72. The summed E-state index contributed by atoms with van der Waals surface area (Å²) >= 11 is 0. The zero-order chi connectivity index (χ0) is 11.5. The topological polar surface area (TPSA) is 30.5 Å². The molecule has 1 atom stereocenters. The number of hydrogen-bond donors (Lipinski definition) is 1. The Balaban J connectivity index is 2.30. The van der Waals surface area contributed by atoms with Crippen molar-refractivity contribution < 1.29 is 9.47 Å². The second-order valence-electron chi connectivity index (χ2n) is 4.41. The Morgan fingerprint density at radius 2 is 2.25 bits per heavy atom. The Morgan fingerprint density at radius 3 is 2.81 bits per heavy atom. The highest BCUT2D eigenvalue weighted by atomic mass is 16.5. The molecule has 2 rings (SSSR count). The van der Waals surface area contributed by atoms with Crippen LogP contribution in [0.1, 0.15) is 37.0 Å². The summed E-state index contributed by atoms with van der Waals surface area (Å²) in [6.07, 6.45) is 0.121. The third-order valence-electron chi connectivity index (χ3n) is 2.99. The summed E-state index contributed by atoms with van der Waals surface area (Å²) < 4.78 is 11.0. The van der Waals surface area contributed by atoms with E-state index in [1.54, 1.807) is 7.11 Å². The third-order valence-corrected chi connectivity index (χ3v) is 2.99. The largest absolute Gasteiger partial charge is 0.496 e. The SMILES string of the molecule is COc1cc(C(C)C)ccc1C1CNCO1. The number of ether oxygens (including phenoxy) is 2. The summed E-state index contributed by atoms with van der Waals surface area (Å²) in [4.78, 5) is 0. The van der Waals surface area contributed by atoms with E-state index in [4.69, 9.17) is 9.47 Å². The zero-order valence-electron chi connectivity index (χ0n) is 10.1. The van der Waals surface area contributed by atoms with Gasteiger partial charge in [-0.25, -0.2) is 0 Å². The van der Waals surface area contributed by atoms with E-state index in [2.05, 4.69) is 37.4 Å². The predicted octanol–water partition coefficient (Wildman–Crippen LogP) is 2.44. The van der Waals surface area contributed by atoms with Crippen molar-refractivity contribution in [2.45, 2.75) is 25.9 Å². The van der Waals surface area contributed by atoms with Crippen molar-refractivity contribution in [3.63, 3.8) is 0 Å². The second kappa shape index (κ2) is 4.85. The smallest absolute Gasteiger partial charge is 0.125 e. The lowest BCUT2D eigenvalue weighted by Crippen LogP contribution is -2.09. The minimum absolute atomic E-state index is 0.121. The van der Waals surface area contributed by atoms with Crippen molar-refractivity contribution in [1.29, 1.82) is 0 Å². The molecule has 0 spiro atoms. The van der Waals surface area contributed by atoms with E-state index in [-0.39, 0.29) is 6.10 Å². The van der Waals surface area contributed by atoms with Gasteiger partial charge in [0.25, 0.3) is 0 Å². The molecule has 1 N–H and O–H groups in total. The van der Waals surface area contributed by atoms with Crippen molar-refractivity contribution in [3.8, 4) is 5.75 Å². The molecule has 88 valence electrons. The maximum absolute atomic E-state index is 5.59. The molecule has 0 bridgehead atoms. The molecular formula is C13H19NO2. The van der Waals surface area contributed by atoms with Crippen LogP contribution in [0.4, 0.5) is 0 Å². The fourth-order valence-electron chi connectivity index (χ4n) is 1.96. The van der Waals surface area contributed by atoms with Gasteiger partial charge in [0.15, 0.2) is 0 Å². The van der Waals surface area contributed by atoms with Crippen LogP contribution >= 0.6 is 0 Å². The summed E-state index contributed by atoms with van der Waals surface area (Å²) in [5, 5.41) is 3.18. The van der Waals surface area contributed by atoms with Crippen LogP contribution < -0.4 is 10.1 Å². The van der Waals surface area contributed by atoms with Gasteiger partial charge in [-0.3, -0.25) is 5.32 Å². The van der Waals surface area contributed by atoms with Crippen LogP contribution in [0.15, 0.2) is 18.2 Å². The molecule has 1 saturated heterocycles. The molecule has 1 fully saturated rings. The van der Waals surface area contributed by atoms with E-state index in [1.165, 1.54) is 5.56 Å². The first-order valence-corrected chi connectivity index (χ1v) is 5.72. The standard InChI is InChI=1S/C13H19NO2/c1-9(2)10-4-5-11(12(6-10)15-3)13-7-14-8-16-13/h4-6,9,13-14H,7-8H2,1-3H3. The molecule has 0 radical (unpaired) electrons. The molecule has 1 heterocycles. The van der Waals surface area contributed by atoms with Gasteiger partial charge in [-0.15, -0.1) is 0 Å². The zero-order valence-corrected chi connectivity index (χ0v) is 10.1. The Labute approximate surface area is 96.8 Å². The number of rotatable bonds is 3. The van der Waals surface area contributed by atoms with E-state index in [0.717, 1.165) is 17.9 Å². The van der Waals surface area contributed by atoms with Crippen molar-refractivity contribution in [3.05, 3.63) is 29.3 Å². The fraction of sp³-hybridized carbons (Fsp3) is 0.538. The van der Waals surface area contributed by atoms with Crippen LogP contribution in [0.3, 0.4) is 0 Å². The van der Waals surface area contributed by atoms with Gasteiger partial charge in [0.1, 0.15) is 11.9 Å². The van der Waals surface area contributed by atoms with Crippen molar-refractivity contribution >= 4 is 0 Å². The molecule has 1 aliphatic rings. The third kappa shape index (κ3) is 2.20. The van der Waals surface area contributed by atoms with Crippen molar-refractivity contribution in [1.82, 2.24) is 5.32 Å². The summed E-state index contributed by atoms with van der Waals surface area (Å²) in [5.74, 6) is 1.45. The minimum Gasteiger partial charge on any atom is -0.496 e. The van der Waals surface area contributed by atoms with Crippen LogP contribution in [0, 0.1) is 0 Å². The molecular weight excluding hydrogens is 202 g/mol. The van der Waals surface area contributed by atoms with Gasteiger partial charge in [0, 0.05) is 12.1 Å². The fourth-order valence-corrected chi connectivity index (χ4v) is 1.96. The van der Waals surface area contributed by atoms with Crippen molar-refractivity contribution in [2.24, 2.45) is 0 Å². The highest BCUT2D eigenvalue weighted by molar-refractivity contribution is 5.40. The number of nitrogens with one attached hydrogen (secondary N) is 1. The van der Waals surface area contributed by atoms with Gasteiger partial charge in [0.05, 0.1) is 13.8 Å². The number of methoxy groups -OCH3 is 1. The monoisotopic (exact) mass is 221 g/mol. The molecule has 16 heavy (non-hydrogen) atoms. The number of benzene rings is 1. The first-order valence-electron chi connectivity index (χ1n) is 5.72. The molecule has 0 amide bonds. The summed E-state index contributed by atoms with van der Waals surface area (Å²) in [7, 11) is 1.71. The Morgan fingerprint density at radius 1 is 1.44 bits per heavy atom. The lowest BCUT2D eigenvalue weighted by Gasteiger charge is -2.16. The molecule has 1 aromatic rings. The maximum Gasteiger partial charge on any atom is 0.125 e. The molecule has 0 saturated carbocycles. The summed E-state index contributed by atoms with van der Waals surface area (Å²) in [6, 6.07) is 6.39. The first kappa shape index (κ1) is 11.4. The lowest BCUT2D eigenvalue weighted by molar-refractivity contribution is 0.112. The Bertz CT molecular complexity index is 357. The van der Waals surface area contributed by atoms with Gasteiger partial charge < -0.3 is 9.47 Å². The Hall–Kier alpha value is -1.06. The summed E-state index contributed by atoms with van der Waals surface area (Å²) in [5.41, 5.74) is 2.43. The van der Waals surface area contributed by atoms with Crippen LogP contribution in [0.2, 0.25) is 0 Å². The maximum atomic E-state index is 5.59. The average Bonchev–Trinajstić information content (AvgIpc) is 2.81. The molecule has 3 heteroatoms. The van der Waals surface area contributed by atoms with Crippen molar-refractivity contribution in [2.75, 3.05) is 20.4 Å². The Kier molecular flexibility index (Phi) is 3.46. The highest BCUT2D eigenvalue weighted by Crippen LogP contribution is 2.31. The van der Waals surface area contributed by atoms with E-state index >= 15 is 0 Å². The highest BCUT2D eigenvalue weighted by Gasteiger charge is 2.21. The lowest BCUT2D eigenvalue weighted by atomic mass is 9.99. The van der Waals surface area contributed by atoms with E-state index in [9.17, 15) is 0 Å². The summed E-state index contributed by atoms with van der Waals surface area (Å²) in [6.45, 7) is 5.85. The quantitative estimate of drug-likeness (QED) is 0.850. The molecule has 0 aliphatic carbocycles. The molecule has 1 unspecified atom stereocenters. The van der Waals surface area contributed by atoms with Gasteiger partial charge >= 0.3 is 0 Å². The minimum atomic E-state index is 0.121. The van der Waals surface area contributed by atoms with Crippen LogP contribution in [0.5, 0.6) is 5.75 Å². The molecule has 1 aliphatic heterocycles. The van der Waals surface area contributed by atoms with E-state index in [0.29, 0.717) is 12.6 Å². The van der Waals surface area contributed by atoms with E-state index in [1.807, 2.05) is 0 Å². The molecule has 0 aromatic heterocycles. The average molecular weight is 221 g/mol. The predicted molar refractivity (Wildman–Crippen MR) is 63.8 cm³/mol. The number of hydrogen-bond acceptors (Lipinski definition) is 3. The molecule has 3 nitrogen and oxygen atoms in total. The van der Waals surface area contributed by atoms with Crippen LogP contribution in [-0.2, 0) is 4.74 Å². The van der Waals surface area contributed by atoms with Gasteiger partial charge in [0.2, 0.25) is 0 Å².